The lowest BCUT2D eigenvalue weighted by atomic mass is 10.2. The molecule has 0 unspecified atom stereocenters. The molecule has 0 aliphatic rings. The number of carbonyl (C=O) groups is 1. The molecule has 108 valence electrons. The fourth-order valence-electron chi connectivity index (χ4n) is 1.77. The molecule has 2 aromatic carbocycles. The van der Waals surface area contributed by atoms with E-state index in [9.17, 15) is 14.9 Å². The van der Waals surface area contributed by atoms with Crippen LogP contribution in [0.3, 0.4) is 0 Å². The molecule has 0 heterocycles. The van der Waals surface area contributed by atoms with Crippen molar-refractivity contribution in [2.75, 3.05) is 10.6 Å². The van der Waals surface area contributed by atoms with E-state index in [1.54, 1.807) is 24.3 Å². The average molecular weight is 286 g/mol. The molecule has 0 fully saturated rings. The Morgan fingerprint density at radius 1 is 1.10 bits per heavy atom. The Morgan fingerprint density at radius 3 is 2.33 bits per heavy atom. The smallest absolute Gasteiger partial charge is 0.323 e. The van der Waals surface area contributed by atoms with Crippen LogP contribution in [-0.4, -0.2) is 11.0 Å². The molecule has 7 heteroatoms. The summed E-state index contributed by atoms with van der Waals surface area (Å²) in [5, 5.41) is 15.8. The summed E-state index contributed by atoms with van der Waals surface area (Å²) in [6, 6.07) is 12.4. The lowest BCUT2D eigenvalue weighted by Crippen LogP contribution is -2.19. The van der Waals surface area contributed by atoms with Crippen molar-refractivity contribution in [2.24, 2.45) is 5.73 Å². The molecule has 2 rings (SSSR count). The van der Waals surface area contributed by atoms with Gasteiger partial charge < -0.3 is 16.4 Å². The number of rotatable bonds is 4. The highest BCUT2D eigenvalue weighted by Crippen LogP contribution is 2.17. The molecule has 21 heavy (non-hydrogen) atoms. The number of non-ortho nitro benzene ring substituents is 1. The van der Waals surface area contributed by atoms with E-state index >= 15 is 0 Å². The van der Waals surface area contributed by atoms with Crippen LogP contribution in [0, 0.1) is 10.1 Å². The van der Waals surface area contributed by atoms with Crippen LogP contribution in [0.5, 0.6) is 0 Å². The molecule has 7 nitrogen and oxygen atoms in total. The molecule has 0 saturated heterocycles. The Bertz CT molecular complexity index is 673. The van der Waals surface area contributed by atoms with E-state index in [0.717, 1.165) is 5.56 Å². The Labute approximate surface area is 120 Å². The molecular formula is C14H14N4O3. The maximum atomic E-state index is 11.8. The molecule has 2 amide bonds. The number of anilines is 2. The van der Waals surface area contributed by atoms with Gasteiger partial charge in [0.1, 0.15) is 0 Å². The van der Waals surface area contributed by atoms with E-state index in [1.165, 1.54) is 18.2 Å². The first-order valence-electron chi connectivity index (χ1n) is 6.20. The van der Waals surface area contributed by atoms with E-state index < -0.39 is 11.0 Å². The topological polar surface area (TPSA) is 110 Å². The van der Waals surface area contributed by atoms with Crippen LogP contribution in [-0.2, 0) is 6.54 Å². The van der Waals surface area contributed by atoms with Gasteiger partial charge in [0.05, 0.1) is 4.92 Å². The minimum Gasteiger partial charge on any atom is -0.326 e. The van der Waals surface area contributed by atoms with Crippen LogP contribution >= 0.6 is 0 Å². The molecular weight excluding hydrogens is 272 g/mol. The van der Waals surface area contributed by atoms with E-state index in [4.69, 9.17) is 5.73 Å². The zero-order valence-corrected chi connectivity index (χ0v) is 11.1. The van der Waals surface area contributed by atoms with Gasteiger partial charge in [-0.15, -0.1) is 0 Å². The molecule has 0 atom stereocenters. The van der Waals surface area contributed by atoms with Gasteiger partial charge in [0.2, 0.25) is 0 Å². The van der Waals surface area contributed by atoms with Gasteiger partial charge in [-0.25, -0.2) is 4.79 Å². The summed E-state index contributed by atoms with van der Waals surface area (Å²) in [4.78, 5) is 22.0. The SMILES string of the molecule is NCc1cccc(NC(=O)Nc2cccc([N+](=O)[O-])c2)c1. The number of nitrogens with two attached hydrogens (primary N) is 1. The molecule has 0 bridgehead atoms. The first kappa shape index (κ1) is 14.5. The summed E-state index contributed by atoms with van der Waals surface area (Å²) in [7, 11) is 0. The Balaban J connectivity index is 2.04. The predicted molar refractivity (Wildman–Crippen MR) is 80.1 cm³/mol. The number of nitro groups is 1. The third kappa shape index (κ3) is 4.02. The van der Waals surface area contributed by atoms with E-state index in [1.807, 2.05) is 6.07 Å². The summed E-state index contributed by atoms with van der Waals surface area (Å²) in [5.41, 5.74) is 7.27. The number of urea groups is 1. The molecule has 0 aliphatic heterocycles. The van der Waals surface area contributed by atoms with Crippen molar-refractivity contribution >= 4 is 23.1 Å². The van der Waals surface area contributed by atoms with Gasteiger partial charge in [-0.05, 0) is 23.8 Å². The molecule has 2 aromatic rings. The minimum atomic E-state index is -0.520. The zero-order valence-electron chi connectivity index (χ0n) is 11.1. The van der Waals surface area contributed by atoms with E-state index in [0.29, 0.717) is 17.9 Å². The second-order valence-corrected chi connectivity index (χ2v) is 4.29. The fraction of sp³-hybridized carbons (Fsp3) is 0.0714. The molecule has 0 aliphatic carbocycles. The van der Waals surface area contributed by atoms with Crippen molar-refractivity contribution in [3.05, 3.63) is 64.2 Å². The highest BCUT2D eigenvalue weighted by molar-refractivity contribution is 5.99. The maximum absolute atomic E-state index is 11.8. The summed E-state index contributed by atoms with van der Waals surface area (Å²) in [6.07, 6.45) is 0. The number of benzene rings is 2. The van der Waals surface area contributed by atoms with E-state index in [2.05, 4.69) is 10.6 Å². The first-order chi connectivity index (χ1) is 10.1. The number of nitrogens with one attached hydrogen (secondary N) is 2. The van der Waals surface area contributed by atoms with Crippen molar-refractivity contribution < 1.29 is 9.72 Å². The van der Waals surface area contributed by atoms with Crippen LogP contribution in [0.25, 0.3) is 0 Å². The van der Waals surface area contributed by atoms with Crippen molar-refractivity contribution in [2.45, 2.75) is 6.54 Å². The van der Waals surface area contributed by atoms with Crippen LogP contribution in [0.4, 0.5) is 21.9 Å². The number of amides is 2. The zero-order chi connectivity index (χ0) is 15.2. The van der Waals surface area contributed by atoms with Crippen LogP contribution < -0.4 is 16.4 Å². The van der Waals surface area contributed by atoms with Crippen LogP contribution in [0.2, 0.25) is 0 Å². The molecule has 4 N–H and O–H groups in total. The Kier molecular flexibility index (Phi) is 4.47. The third-order valence-electron chi connectivity index (χ3n) is 2.74. The number of hydrogen-bond donors (Lipinski definition) is 3. The summed E-state index contributed by atoms with van der Waals surface area (Å²) in [5.74, 6) is 0. The number of nitrogens with zero attached hydrogens (tertiary/aromatic N) is 1. The first-order valence-corrected chi connectivity index (χ1v) is 6.20. The summed E-state index contributed by atoms with van der Waals surface area (Å²) < 4.78 is 0. The van der Waals surface area contributed by atoms with Gasteiger partial charge in [-0.3, -0.25) is 10.1 Å². The van der Waals surface area contributed by atoms with Gasteiger partial charge in [0.15, 0.2) is 0 Å². The van der Waals surface area contributed by atoms with Crippen molar-refractivity contribution in [3.8, 4) is 0 Å². The molecule has 0 radical (unpaired) electrons. The predicted octanol–water partition coefficient (Wildman–Crippen LogP) is 2.70. The standard InChI is InChI=1S/C14H14N4O3/c15-9-10-3-1-4-11(7-10)16-14(19)17-12-5-2-6-13(8-12)18(20)21/h1-8H,9,15H2,(H2,16,17,19). The quantitative estimate of drug-likeness (QED) is 0.592. The number of carbonyl (C=O) groups excluding carboxylic acids is 1. The molecule has 0 spiro atoms. The normalized spacial score (nSPS) is 9.95. The van der Waals surface area contributed by atoms with Crippen molar-refractivity contribution in [1.29, 1.82) is 0 Å². The van der Waals surface area contributed by atoms with E-state index in [-0.39, 0.29) is 5.69 Å². The second-order valence-electron chi connectivity index (χ2n) is 4.29. The molecule has 0 aromatic heterocycles. The Morgan fingerprint density at radius 2 is 1.71 bits per heavy atom. The van der Waals surface area contributed by atoms with Gasteiger partial charge in [0, 0.05) is 30.1 Å². The average Bonchev–Trinajstić information content (AvgIpc) is 2.47. The van der Waals surface area contributed by atoms with Gasteiger partial charge >= 0.3 is 6.03 Å². The highest BCUT2D eigenvalue weighted by Gasteiger charge is 2.08. The lowest BCUT2D eigenvalue weighted by Gasteiger charge is -2.08. The van der Waals surface area contributed by atoms with Crippen molar-refractivity contribution in [3.63, 3.8) is 0 Å². The summed E-state index contributed by atoms with van der Waals surface area (Å²) >= 11 is 0. The fourth-order valence-corrected chi connectivity index (χ4v) is 1.77. The number of hydrogen-bond acceptors (Lipinski definition) is 4. The summed E-state index contributed by atoms with van der Waals surface area (Å²) in [6.45, 7) is 0.377. The monoisotopic (exact) mass is 286 g/mol. The van der Waals surface area contributed by atoms with Crippen LogP contribution in [0.15, 0.2) is 48.5 Å². The second kappa shape index (κ2) is 6.49. The largest absolute Gasteiger partial charge is 0.326 e. The molecule has 0 saturated carbocycles. The Hall–Kier alpha value is -2.93. The van der Waals surface area contributed by atoms with Crippen LogP contribution in [0.1, 0.15) is 5.56 Å². The van der Waals surface area contributed by atoms with Gasteiger partial charge in [-0.1, -0.05) is 18.2 Å². The number of nitro benzene ring substituents is 1. The van der Waals surface area contributed by atoms with Gasteiger partial charge in [0.25, 0.3) is 5.69 Å². The third-order valence-corrected chi connectivity index (χ3v) is 2.74. The highest BCUT2D eigenvalue weighted by atomic mass is 16.6. The lowest BCUT2D eigenvalue weighted by molar-refractivity contribution is -0.384. The van der Waals surface area contributed by atoms with Crippen molar-refractivity contribution in [1.82, 2.24) is 0 Å². The van der Waals surface area contributed by atoms with Gasteiger partial charge in [-0.2, -0.15) is 0 Å². The maximum Gasteiger partial charge on any atom is 0.323 e. The minimum absolute atomic E-state index is 0.0853.